The summed E-state index contributed by atoms with van der Waals surface area (Å²) < 4.78 is 37.1. The van der Waals surface area contributed by atoms with Crippen LogP contribution in [0.15, 0.2) is 35.1 Å². The number of benzene rings is 2. The van der Waals surface area contributed by atoms with Crippen LogP contribution < -0.4 is 10.9 Å². The molecule has 5 rings (SSSR count). The lowest BCUT2D eigenvalue weighted by Gasteiger charge is -2.26. The lowest BCUT2D eigenvalue weighted by molar-refractivity contribution is 0.0698. The summed E-state index contributed by atoms with van der Waals surface area (Å²) in [7, 11) is 0. The number of rotatable bonds is 6. The molecule has 0 amide bonds. The van der Waals surface area contributed by atoms with Crippen LogP contribution in [-0.4, -0.2) is 33.8 Å². The summed E-state index contributed by atoms with van der Waals surface area (Å²) in [5.74, 6) is -2.80. The van der Waals surface area contributed by atoms with Crippen LogP contribution in [0.4, 0.5) is 14.5 Å². The molecule has 2 N–H and O–H groups in total. The van der Waals surface area contributed by atoms with Gasteiger partial charge in [-0.1, -0.05) is 12.1 Å². The van der Waals surface area contributed by atoms with E-state index in [9.17, 15) is 19.1 Å². The molecule has 9 heteroatoms. The zero-order valence-corrected chi connectivity index (χ0v) is 18.7. The normalized spacial score (nSPS) is 17.6. The fourth-order valence-corrected chi connectivity index (χ4v) is 4.75. The van der Waals surface area contributed by atoms with Gasteiger partial charge < -0.3 is 15.2 Å². The van der Waals surface area contributed by atoms with Crippen molar-refractivity contribution in [1.82, 2.24) is 9.55 Å². The number of carboxylic acids is 1. The molecule has 1 aliphatic carbocycles. The van der Waals surface area contributed by atoms with Crippen LogP contribution in [0, 0.1) is 11.6 Å². The minimum atomic E-state index is -1.15. The Bertz CT molecular complexity index is 1330. The highest BCUT2D eigenvalue weighted by molar-refractivity contribution is 5.94. The summed E-state index contributed by atoms with van der Waals surface area (Å²) in [5.41, 5.74) is -0.0939. The number of ether oxygens (including phenoxy) is 1. The second-order valence-electron chi connectivity index (χ2n) is 8.96. The summed E-state index contributed by atoms with van der Waals surface area (Å²) >= 11 is 0. The number of anilines is 1. The smallest absolute Gasteiger partial charge is 0.337 e. The van der Waals surface area contributed by atoms with Gasteiger partial charge in [-0.15, -0.1) is 0 Å². The lowest BCUT2D eigenvalue weighted by Crippen LogP contribution is -2.29. The molecule has 1 saturated heterocycles. The molecular formula is C25H25F2N3O4. The van der Waals surface area contributed by atoms with Crippen LogP contribution in [0.25, 0.3) is 10.9 Å². The number of carboxylic acid groups (broad SMARTS) is 1. The Balaban J connectivity index is 1.68. The molecule has 2 fully saturated rings. The average molecular weight is 469 g/mol. The molecule has 178 valence electrons. The van der Waals surface area contributed by atoms with E-state index in [1.54, 1.807) is 29.7 Å². The summed E-state index contributed by atoms with van der Waals surface area (Å²) in [6.45, 7) is 2.70. The summed E-state index contributed by atoms with van der Waals surface area (Å²) in [6, 6.07) is 6.31. The molecular weight excluding hydrogens is 444 g/mol. The van der Waals surface area contributed by atoms with Crippen molar-refractivity contribution in [2.45, 2.75) is 50.6 Å². The van der Waals surface area contributed by atoms with E-state index >= 15 is 4.39 Å². The molecule has 2 heterocycles. The largest absolute Gasteiger partial charge is 0.478 e. The molecule has 0 unspecified atom stereocenters. The van der Waals surface area contributed by atoms with E-state index in [4.69, 9.17) is 9.72 Å². The van der Waals surface area contributed by atoms with Gasteiger partial charge in [0.1, 0.15) is 5.82 Å². The molecule has 0 radical (unpaired) electrons. The van der Waals surface area contributed by atoms with Gasteiger partial charge in [-0.3, -0.25) is 9.36 Å². The maximum absolute atomic E-state index is 15.2. The number of para-hydroxylation sites is 1. The number of aromatic nitrogens is 2. The SMILES string of the molecule is C[C@@H](Nc1ccccc1C(=O)O)c1c(F)c(F)cc2c(=O)n(C3CC3)c(C3CCOCC3)nc12. The second kappa shape index (κ2) is 8.79. The fraction of sp³-hybridized carbons (Fsp3) is 0.400. The predicted octanol–water partition coefficient (Wildman–Crippen LogP) is 4.77. The maximum Gasteiger partial charge on any atom is 0.337 e. The summed E-state index contributed by atoms with van der Waals surface area (Å²) in [6.07, 6.45) is 3.10. The Morgan fingerprint density at radius 1 is 1.21 bits per heavy atom. The number of hydrogen-bond acceptors (Lipinski definition) is 5. The minimum absolute atomic E-state index is 0.00223. The fourth-order valence-electron chi connectivity index (χ4n) is 4.75. The number of aromatic carboxylic acids is 1. The number of carbonyl (C=O) groups is 1. The molecule has 7 nitrogen and oxygen atoms in total. The zero-order chi connectivity index (χ0) is 24.0. The average Bonchev–Trinajstić information content (AvgIpc) is 3.66. The van der Waals surface area contributed by atoms with Crippen molar-refractivity contribution in [1.29, 1.82) is 0 Å². The Morgan fingerprint density at radius 2 is 1.91 bits per heavy atom. The van der Waals surface area contributed by atoms with Gasteiger partial charge in [0.25, 0.3) is 5.56 Å². The Labute approximate surface area is 194 Å². The van der Waals surface area contributed by atoms with Crippen LogP contribution in [0.5, 0.6) is 0 Å². The second-order valence-corrected chi connectivity index (χ2v) is 8.96. The van der Waals surface area contributed by atoms with Crippen molar-refractivity contribution < 1.29 is 23.4 Å². The van der Waals surface area contributed by atoms with Crippen molar-refractivity contribution in [3.8, 4) is 0 Å². The topological polar surface area (TPSA) is 93.5 Å². The molecule has 2 aromatic carbocycles. The third-order valence-corrected chi connectivity index (χ3v) is 6.61. The van der Waals surface area contributed by atoms with Crippen molar-refractivity contribution in [3.63, 3.8) is 0 Å². The van der Waals surface area contributed by atoms with Crippen molar-refractivity contribution in [2.75, 3.05) is 18.5 Å². The molecule has 0 spiro atoms. The van der Waals surface area contributed by atoms with E-state index in [2.05, 4.69) is 5.32 Å². The van der Waals surface area contributed by atoms with Gasteiger partial charge in [-0.25, -0.2) is 18.6 Å². The van der Waals surface area contributed by atoms with E-state index in [0.29, 0.717) is 31.9 Å². The maximum atomic E-state index is 15.2. The van der Waals surface area contributed by atoms with Crippen molar-refractivity contribution in [2.24, 2.45) is 0 Å². The zero-order valence-electron chi connectivity index (χ0n) is 18.7. The first-order valence-electron chi connectivity index (χ1n) is 11.5. The first-order valence-corrected chi connectivity index (χ1v) is 11.5. The highest BCUT2D eigenvalue weighted by atomic mass is 19.2. The van der Waals surface area contributed by atoms with Gasteiger partial charge in [0.15, 0.2) is 11.6 Å². The van der Waals surface area contributed by atoms with Crippen LogP contribution in [0.1, 0.15) is 72.4 Å². The quantitative estimate of drug-likeness (QED) is 0.540. The summed E-state index contributed by atoms with van der Waals surface area (Å²) in [5, 5.41) is 12.5. The number of halogens is 2. The van der Waals surface area contributed by atoms with E-state index in [0.717, 1.165) is 18.9 Å². The summed E-state index contributed by atoms with van der Waals surface area (Å²) in [4.78, 5) is 29.9. The number of hydrogen-bond donors (Lipinski definition) is 2. The van der Waals surface area contributed by atoms with Gasteiger partial charge in [0.2, 0.25) is 0 Å². The molecule has 2 aliphatic rings. The number of nitrogens with zero attached hydrogens (tertiary/aromatic N) is 2. The Hall–Kier alpha value is -3.33. The first-order chi connectivity index (χ1) is 16.4. The van der Waals surface area contributed by atoms with Crippen molar-refractivity contribution in [3.05, 3.63) is 69.3 Å². The van der Waals surface area contributed by atoms with Gasteiger partial charge >= 0.3 is 5.97 Å². The van der Waals surface area contributed by atoms with Crippen LogP contribution in [0.3, 0.4) is 0 Å². The molecule has 0 bridgehead atoms. The van der Waals surface area contributed by atoms with Crippen LogP contribution in [-0.2, 0) is 4.74 Å². The first kappa shape index (κ1) is 22.5. The third kappa shape index (κ3) is 3.94. The molecule has 1 saturated carbocycles. The van der Waals surface area contributed by atoms with E-state index in [1.807, 2.05) is 0 Å². The van der Waals surface area contributed by atoms with Crippen LogP contribution >= 0.6 is 0 Å². The Kier molecular flexibility index (Phi) is 5.81. The van der Waals surface area contributed by atoms with E-state index in [-0.39, 0.29) is 45.2 Å². The standard InChI is InChI=1S/C25H25F2N3O4/c1-13(28-19-5-3-2-4-16(19)25(32)33)20-21(27)18(26)12-17-22(20)29-23(14-8-10-34-11-9-14)30(24(17)31)15-6-7-15/h2-5,12-15,28H,6-11H2,1H3,(H,32,33)/t13-/m1/s1. The highest BCUT2D eigenvalue weighted by Crippen LogP contribution is 2.39. The Morgan fingerprint density at radius 3 is 2.59 bits per heavy atom. The molecule has 34 heavy (non-hydrogen) atoms. The molecule has 1 aromatic heterocycles. The van der Waals surface area contributed by atoms with E-state index in [1.165, 1.54) is 6.07 Å². The van der Waals surface area contributed by atoms with Gasteiger partial charge in [0.05, 0.1) is 22.5 Å². The minimum Gasteiger partial charge on any atom is -0.478 e. The number of nitrogens with one attached hydrogen (secondary N) is 1. The van der Waals surface area contributed by atoms with E-state index < -0.39 is 23.6 Å². The molecule has 1 atom stereocenters. The van der Waals surface area contributed by atoms with Gasteiger partial charge in [0, 0.05) is 36.4 Å². The molecule has 3 aromatic rings. The lowest BCUT2D eigenvalue weighted by atomic mass is 9.97. The highest BCUT2D eigenvalue weighted by Gasteiger charge is 2.33. The molecule has 1 aliphatic heterocycles. The van der Waals surface area contributed by atoms with Crippen LogP contribution in [0.2, 0.25) is 0 Å². The monoisotopic (exact) mass is 469 g/mol. The van der Waals surface area contributed by atoms with Gasteiger partial charge in [-0.2, -0.15) is 0 Å². The number of fused-ring (bicyclic) bond motifs is 1. The third-order valence-electron chi connectivity index (χ3n) is 6.61. The van der Waals surface area contributed by atoms with Gasteiger partial charge in [-0.05, 0) is 50.8 Å². The van der Waals surface area contributed by atoms with Crippen molar-refractivity contribution >= 4 is 22.6 Å². The predicted molar refractivity (Wildman–Crippen MR) is 122 cm³/mol.